The zero-order chi connectivity index (χ0) is 26.3. The molecule has 1 aromatic rings. The molecule has 0 bridgehead atoms. The summed E-state index contributed by atoms with van der Waals surface area (Å²) in [6.07, 6.45) is 22.0. The van der Waals surface area contributed by atoms with E-state index in [1.807, 2.05) is 0 Å². The molecule has 3 heteroatoms. The number of ether oxygens (including phenoxy) is 1. The minimum Gasteiger partial charge on any atom is -0.542 e. The molecule has 36 heavy (non-hydrogen) atoms. The average molecular weight is 508 g/mol. The molecule has 0 spiro atoms. The van der Waals surface area contributed by atoms with Gasteiger partial charge in [0.2, 0.25) is 0 Å². The highest BCUT2D eigenvalue weighted by molar-refractivity contribution is 6.49. The Balaban J connectivity index is 1.49. The summed E-state index contributed by atoms with van der Waals surface area (Å²) in [6, 6.07) is 0. The topological polar surface area (TPSA) is 18.5 Å². The van der Waals surface area contributed by atoms with Crippen LogP contribution in [0, 0.1) is 20.8 Å². The third-order valence-electron chi connectivity index (χ3n) is 8.28. The van der Waals surface area contributed by atoms with Crippen LogP contribution in [0.1, 0.15) is 114 Å². The summed E-state index contributed by atoms with van der Waals surface area (Å²) in [5.41, 5.74) is 9.82. The van der Waals surface area contributed by atoms with Gasteiger partial charge in [-0.15, -0.1) is 0 Å². The lowest BCUT2D eigenvalue weighted by Gasteiger charge is -2.38. The van der Waals surface area contributed by atoms with Crippen molar-refractivity contribution in [2.75, 3.05) is 0 Å². The van der Waals surface area contributed by atoms with Crippen molar-refractivity contribution in [3.63, 3.8) is 0 Å². The second kappa shape index (κ2) is 13.2. The van der Waals surface area contributed by atoms with Crippen molar-refractivity contribution in [3.05, 3.63) is 57.2 Å². The van der Waals surface area contributed by atoms with Gasteiger partial charge >= 0.3 is 0 Å². The third-order valence-corrected chi connectivity index (χ3v) is 8.90. The molecular weight excluding hydrogens is 456 g/mol. The Labute approximate surface area is 224 Å². The van der Waals surface area contributed by atoms with Gasteiger partial charge < -0.3 is 9.16 Å². The first-order chi connectivity index (χ1) is 17.1. The van der Waals surface area contributed by atoms with Gasteiger partial charge in [-0.1, -0.05) is 34.9 Å². The molecule has 0 aromatic heterocycles. The molecule has 1 saturated carbocycles. The molecule has 1 fully saturated rings. The van der Waals surface area contributed by atoms with Crippen LogP contribution in [0.25, 0.3) is 0 Å². The fourth-order valence-corrected chi connectivity index (χ4v) is 6.44. The maximum Gasteiger partial charge on any atom is 0.274 e. The van der Waals surface area contributed by atoms with E-state index in [1.54, 1.807) is 11.1 Å². The van der Waals surface area contributed by atoms with Gasteiger partial charge in [0, 0.05) is 5.56 Å². The predicted molar refractivity (Wildman–Crippen MR) is 158 cm³/mol. The van der Waals surface area contributed by atoms with Crippen LogP contribution in [-0.2, 0) is 6.42 Å². The maximum absolute atomic E-state index is 6.75. The molecule has 0 N–H and O–H groups in total. The Hall–Kier alpha value is -1.74. The molecule has 1 aromatic carbocycles. The van der Waals surface area contributed by atoms with Crippen molar-refractivity contribution in [2.45, 2.75) is 137 Å². The second-order valence-electron chi connectivity index (χ2n) is 11.9. The first-order valence-corrected chi connectivity index (χ1v) is 16.8. The average Bonchev–Trinajstić information content (AvgIpc) is 3.34. The zero-order valence-electron chi connectivity index (χ0n) is 24.5. The van der Waals surface area contributed by atoms with Crippen LogP contribution in [0.2, 0.25) is 13.1 Å². The SMILES string of the molecule is C/C(=C\CC/C(C)=C/CC[C@]1(C)CCc2c(C)c(O[Si](C)C)c(C)c(C)c2O1)CCC=C1CCCC1. The van der Waals surface area contributed by atoms with Crippen LogP contribution < -0.4 is 9.16 Å². The predicted octanol–water partition coefficient (Wildman–Crippen LogP) is 10.1. The molecule has 0 amide bonds. The van der Waals surface area contributed by atoms with E-state index in [-0.39, 0.29) is 5.60 Å². The summed E-state index contributed by atoms with van der Waals surface area (Å²) in [4.78, 5) is 0. The Morgan fingerprint density at radius 1 is 0.889 bits per heavy atom. The Morgan fingerprint density at radius 3 is 2.19 bits per heavy atom. The Morgan fingerprint density at radius 2 is 1.53 bits per heavy atom. The van der Waals surface area contributed by atoms with E-state index < -0.39 is 9.04 Å². The fraction of sp³-hybridized carbons (Fsp3) is 0.636. The Bertz CT molecular complexity index is 990. The fourth-order valence-electron chi connectivity index (χ4n) is 5.73. The molecule has 0 saturated heterocycles. The number of fused-ring (bicyclic) bond motifs is 1. The monoisotopic (exact) mass is 507 g/mol. The van der Waals surface area contributed by atoms with E-state index in [0.717, 1.165) is 50.0 Å². The summed E-state index contributed by atoms with van der Waals surface area (Å²) in [5.74, 6) is 2.22. The standard InChI is InChI=1S/C33H51O2Si/c1-24(16-12-20-29-18-9-10-19-29)14-11-15-25(2)17-13-22-33(6)23-21-30-28(5)31(35-36(7)8)26(3)27(4)32(30)34-33/h14,17,20H,9-13,15-16,18-19,21-23H2,1-8H3/b24-14+,25-17+/t33-/m1/s1. The zero-order valence-corrected chi connectivity index (χ0v) is 25.5. The van der Waals surface area contributed by atoms with Gasteiger partial charge in [0.1, 0.15) is 17.1 Å². The lowest BCUT2D eigenvalue weighted by Crippen LogP contribution is -2.37. The molecule has 0 unspecified atom stereocenters. The molecule has 2 nitrogen and oxygen atoms in total. The van der Waals surface area contributed by atoms with E-state index >= 15 is 0 Å². The number of hydrogen-bond acceptors (Lipinski definition) is 2. The Kier molecular flexibility index (Phi) is 10.5. The van der Waals surface area contributed by atoms with Crippen molar-refractivity contribution < 1.29 is 9.16 Å². The van der Waals surface area contributed by atoms with Gasteiger partial charge in [0.15, 0.2) is 0 Å². The highest BCUT2D eigenvalue weighted by Gasteiger charge is 2.34. The summed E-state index contributed by atoms with van der Waals surface area (Å²) in [7, 11) is -0.788. The molecular formula is C33H51O2Si. The van der Waals surface area contributed by atoms with E-state index in [0.29, 0.717) is 0 Å². The number of allylic oxidation sites excluding steroid dienone is 6. The number of rotatable bonds is 11. The molecule has 2 aliphatic rings. The summed E-state index contributed by atoms with van der Waals surface area (Å²) >= 11 is 0. The van der Waals surface area contributed by atoms with Crippen LogP contribution >= 0.6 is 0 Å². The van der Waals surface area contributed by atoms with Crippen molar-refractivity contribution in [3.8, 4) is 11.5 Å². The van der Waals surface area contributed by atoms with Gasteiger partial charge in [-0.05, 0) is 148 Å². The van der Waals surface area contributed by atoms with Crippen LogP contribution in [0.15, 0.2) is 34.9 Å². The smallest absolute Gasteiger partial charge is 0.274 e. The van der Waals surface area contributed by atoms with Gasteiger partial charge in [-0.3, -0.25) is 0 Å². The minimum atomic E-state index is -0.788. The molecule has 1 heterocycles. The van der Waals surface area contributed by atoms with Gasteiger partial charge in [-0.25, -0.2) is 0 Å². The molecule has 1 atom stereocenters. The van der Waals surface area contributed by atoms with Gasteiger partial charge in [-0.2, -0.15) is 0 Å². The van der Waals surface area contributed by atoms with Crippen molar-refractivity contribution in [1.29, 1.82) is 0 Å². The van der Waals surface area contributed by atoms with Crippen LogP contribution in [-0.4, -0.2) is 14.6 Å². The number of hydrogen-bond donors (Lipinski definition) is 0. The van der Waals surface area contributed by atoms with Crippen LogP contribution in [0.4, 0.5) is 0 Å². The summed E-state index contributed by atoms with van der Waals surface area (Å²) in [5, 5.41) is 0. The lowest BCUT2D eigenvalue weighted by atomic mass is 9.85. The van der Waals surface area contributed by atoms with Gasteiger partial charge in [0.25, 0.3) is 9.04 Å². The highest BCUT2D eigenvalue weighted by atomic mass is 28.3. The molecule has 3 rings (SSSR count). The van der Waals surface area contributed by atoms with E-state index in [9.17, 15) is 0 Å². The first-order valence-electron chi connectivity index (χ1n) is 14.4. The molecule has 199 valence electrons. The molecule has 1 aliphatic heterocycles. The maximum atomic E-state index is 6.75. The quantitative estimate of drug-likeness (QED) is 0.219. The molecule has 1 radical (unpaired) electrons. The van der Waals surface area contributed by atoms with E-state index in [4.69, 9.17) is 9.16 Å². The highest BCUT2D eigenvalue weighted by Crippen LogP contribution is 2.45. The lowest BCUT2D eigenvalue weighted by molar-refractivity contribution is 0.0559. The van der Waals surface area contributed by atoms with Crippen LogP contribution in [0.5, 0.6) is 11.5 Å². The second-order valence-corrected chi connectivity index (χ2v) is 13.9. The van der Waals surface area contributed by atoms with Crippen molar-refractivity contribution in [1.82, 2.24) is 0 Å². The third kappa shape index (κ3) is 7.88. The largest absolute Gasteiger partial charge is 0.542 e. The summed E-state index contributed by atoms with van der Waals surface area (Å²) < 4.78 is 13.0. The minimum absolute atomic E-state index is 0.0927. The number of benzene rings is 1. The van der Waals surface area contributed by atoms with E-state index in [1.165, 1.54) is 66.4 Å². The van der Waals surface area contributed by atoms with Crippen molar-refractivity contribution >= 4 is 9.04 Å². The van der Waals surface area contributed by atoms with Crippen LogP contribution in [0.3, 0.4) is 0 Å². The summed E-state index contributed by atoms with van der Waals surface area (Å²) in [6.45, 7) is 17.9. The van der Waals surface area contributed by atoms with Gasteiger partial charge in [0.05, 0.1) is 0 Å². The van der Waals surface area contributed by atoms with E-state index in [2.05, 4.69) is 72.9 Å². The van der Waals surface area contributed by atoms with Crippen molar-refractivity contribution in [2.24, 2.45) is 0 Å². The normalized spacial score (nSPS) is 20.5. The molecule has 1 aliphatic carbocycles. The first kappa shape index (κ1) is 28.8.